The lowest BCUT2D eigenvalue weighted by atomic mass is 9.79. The molecule has 1 N–H and O–H groups in total. The van der Waals surface area contributed by atoms with Gasteiger partial charge in [0, 0.05) is 30.1 Å². The molecule has 7 nitrogen and oxygen atoms in total. The number of benzene rings is 1. The number of carboxylic acid groups (broad SMARTS) is 1. The average molecular weight is 416 g/mol. The molecular formula is C23H30NO6+. The van der Waals surface area contributed by atoms with Gasteiger partial charge < -0.3 is 19.1 Å². The number of carboxylic acids is 1. The van der Waals surface area contributed by atoms with Gasteiger partial charge in [-0.3, -0.25) is 0 Å². The van der Waals surface area contributed by atoms with Crippen LogP contribution in [0.5, 0.6) is 0 Å². The Morgan fingerprint density at radius 2 is 1.73 bits per heavy atom. The van der Waals surface area contributed by atoms with Crippen LogP contribution >= 0.6 is 0 Å². The molecule has 0 radical (unpaired) electrons. The molecule has 0 amide bonds. The lowest BCUT2D eigenvalue weighted by Crippen LogP contribution is -2.49. The van der Waals surface area contributed by atoms with Gasteiger partial charge in [-0.2, -0.15) is 0 Å². The summed E-state index contributed by atoms with van der Waals surface area (Å²) in [6.45, 7) is 1.61. The SMILES string of the molecule is C[N+]1(C)CCC(OC(=O)C(OC(=O)/C=C\C(=O)O)(c2ccccc2)C2CCCC2)C1. The molecule has 2 atom stereocenters. The highest BCUT2D eigenvalue weighted by Gasteiger charge is 2.54. The molecule has 1 aliphatic heterocycles. The highest BCUT2D eigenvalue weighted by Crippen LogP contribution is 2.45. The molecular weight excluding hydrogens is 386 g/mol. The Hall–Kier alpha value is -2.67. The first-order valence-electron chi connectivity index (χ1n) is 10.5. The summed E-state index contributed by atoms with van der Waals surface area (Å²) in [6, 6.07) is 8.95. The van der Waals surface area contributed by atoms with Gasteiger partial charge in [-0.15, -0.1) is 0 Å². The number of esters is 2. The largest absolute Gasteiger partial charge is 0.478 e. The number of rotatable bonds is 7. The summed E-state index contributed by atoms with van der Waals surface area (Å²) in [4.78, 5) is 37.0. The number of aliphatic carboxylic acids is 1. The number of hydrogen-bond donors (Lipinski definition) is 1. The molecule has 0 aromatic heterocycles. The summed E-state index contributed by atoms with van der Waals surface area (Å²) < 4.78 is 12.5. The molecule has 1 aromatic rings. The Morgan fingerprint density at radius 3 is 2.30 bits per heavy atom. The maximum absolute atomic E-state index is 13.6. The molecule has 2 aliphatic rings. The van der Waals surface area contributed by atoms with Gasteiger partial charge in [-0.1, -0.05) is 43.2 Å². The van der Waals surface area contributed by atoms with E-state index in [-0.39, 0.29) is 12.0 Å². The van der Waals surface area contributed by atoms with Gasteiger partial charge in [0.2, 0.25) is 5.60 Å². The standard InChI is InChI=1S/C23H29NO6/c1-24(2)15-14-19(16-24)29-22(28)23(18-10-6-7-11-18,17-8-4-3-5-9-17)30-21(27)13-12-20(25)26/h3-5,8-9,12-13,18-19H,6-7,10-11,14-16H2,1-2H3/p+1/b13-12-. The van der Waals surface area contributed by atoms with E-state index in [9.17, 15) is 14.4 Å². The molecule has 3 rings (SSSR count). The van der Waals surface area contributed by atoms with Gasteiger partial charge in [-0.05, 0) is 12.8 Å². The van der Waals surface area contributed by atoms with E-state index in [0.717, 1.165) is 55.3 Å². The number of likely N-dealkylation sites (N-methyl/N-ethyl adjacent to an activating group) is 1. The maximum atomic E-state index is 13.6. The summed E-state index contributed by atoms with van der Waals surface area (Å²) in [5.74, 6) is -2.91. The van der Waals surface area contributed by atoms with Crippen LogP contribution in [0.4, 0.5) is 0 Å². The Bertz CT molecular complexity index is 812. The van der Waals surface area contributed by atoms with Crippen molar-refractivity contribution in [2.75, 3.05) is 27.2 Å². The third kappa shape index (κ3) is 4.90. The summed E-state index contributed by atoms with van der Waals surface area (Å²) in [6.07, 6.45) is 5.39. The summed E-state index contributed by atoms with van der Waals surface area (Å²) in [5.41, 5.74) is -1.03. The first-order valence-corrected chi connectivity index (χ1v) is 10.5. The smallest absolute Gasteiger partial charge is 0.356 e. The van der Waals surface area contributed by atoms with Gasteiger partial charge in [0.1, 0.15) is 6.54 Å². The van der Waals surface area contributed by atoms with Crippen molar-refractivity contribution in [2.45, 2.75) is 43.8 Å². The summed E-state index contributed by atoms with van der Waals surface area (Å²) in [5, 5.41) is 8.85. The quantitative estimate of drug-likeness (QED) is 0.418. The second-order valence-electron chi connectivity index (χ2n) is 8.83. The molecule has 0 spiro atoms. The van der Waals surface area contributed by atoms with Gasteiger partial charge in [0.05, 0.1) is 20.6 Å². The molecule has 162 valence electrons. The Labute approximate surface area is 176 Å². The third-order valence-electron chi connectivity index (χ3n) is 6.09. The second-order valence-corrected chi connectivity index (χ2v) is 8.83. The molecule has 7 heteroatoms. The van der Waals surface area contributed by atoms with E-state index in [0.29, 0.717) is 12.1 Å². The van der Waals surface area contributed by atoms with Gasteiger partial charge >= 0.3 is 17.9 Å². The first kappa shape index (κ1) is 22.0. The fourth-order valence-electron chi connectivity index (χ4n) is 4.62. The zero-order chi connectivity index (χ0) is 21.8. The minimum absolute atomic E-state index is 0.224. The Morgan fingerprint density at radius 1 is 1.07 bits per heavy atom. The fraction of sp³-hybridized carbons (Fsp3) is 0.522. The molecule has 2 unspecified atom stereocenters. The molecule has 1 saturated carbocycles. The van der Waals surface area contributed by atoms with E-state index in [4.69, 9.17) is 14.6 Å². The van der Waals surface area contributed by atoms with Crippen molar-refractivity contribution in [3.63, 3.8) is 0 Å². The van der Waals surface area contributed by atoms with Crippen LogP contribution in [0.2, 0.25) is 0 Å². The minimum atomic E-state index is -1.59. The van der Waals surface area contributed by atoms with E-state index in [2.05, 4.69) is 14.1 Å². The van der Waals surface area contributed by atoms with E-state index < -0.39 is 23.5 Å². The normalized spacial score (nSPS) is 23.2. The Kier molecular flexibility index (Phi) is 6.61. The van der Waals surface area contributed by atoms with Crippen LogP contribution in [-0.4, -0.2) is 60.8 Å². The molecule has 1 heterocycles. The highest BCUT2D eigenvalue weighted by molar-refractivity contribution is 5.93. The Balaban J connectivity index is 1.97. The van der Waals surface area contributed by atoms with Crippen molar-refractivity contribution in [1.29, 1.82) is 0 Å². The van der Waals surface area contributed by atoms with Crippen LogP contribution in [0.15, 0.2) is 42.5 Å². The van der Waals surface area contributed by atoms with E-state index in [1.807, 2.05) is 6.07 Å². The monoisotopic (exact) mass is 416 g/mol. The molecule has 1 aliphatic carbocycles. The van der Waals surface area contributed by atoms with Crippen molar-refractivity contribution < 1.29 is 33.4 Å². The van der Waals surface area contributed by atoms with Gasteiger partial charge in [-0.25, -0.2) is 14.4 Å². The van der Waals surface area contributed by atoms with Crippen molar-refractivity contribution in [1.82, 2.24) is 0 Å². The topological polar surface area (TPSA) is 89.9 Å². The van der Waals surface area contributed by atoms with E-state index >= 15 is 0 Å². The zero-order valence-electron chi connectivity index (χ0n) is 17.6. The van der Waals surface area contributed by atoms with Crippen LogP contribution < -0.4 is 0 Å². The average Bonchev–Trinajstić information content (AvgIpc) is 3.35. The number of nitrogens with zero attached hydrogens (tertiary/aromatic N) is 1. The van der Waals surface area contributed by atoms with Gasteiger partial charge in [0.25, 0.3) is 0 Å². The van der Waals surface area contributed by atoms with Crippen LogP contribution in [-0.2, 0) is 29.5 Å². The molecule has 1 saturated heterocycles. The van der Waals surface area contributed by atoms with E-state index in [1.165, 1.54) is 0 Å². The van der Waals surface area contributed by atoms with Crippen LogP contribution in [0, 0.1) is 5.92 Å². The van der Waals surface area contributed by atoms with E-state index in [1.54, 1.807) is 24.3 Å². The lowest BCUT2D eigenvalue weighted by molar-refractivity contribution is -0.879. The zero-order valence-corrected chi connectivity index (χ0v) is 17.6. The highest BCUT2D eigenvalue weighted by atomic mass is 16.6. The number of hydrogen-bond acceptors (Lipinski definition) is 5. The van der Waals surface area contributed by atoms with Crippen LogP contribution in [0.3, 0.4) is 0 Å². The predicted molar refractivity (Wildman–Crippen MR) is 109 cm³/mol. The molecule has 1 aromatic carbocycles. The number of carbonyl (C=O) groups is 3. The molecule has 2 fully saturated rings. The number of quaternary nitrogens is 1. The van der Waals surface area contributed by atoms with Crippen molar-refractivity contribution >= 4 is 17.9 Å². The van der Waals surface area contributed by atoms with Crippen molar-refractivity contribution in [3.05, 3.63) is 48.0 Å². The van der Waals surface area contributed by atoms with Gasteiger partial charge in [0.15, 0.2) is 6.10 Å². The lowest BCUT2D eigenvalue weighted by Gasteiger charge is -2.37. The summed E-state index contributed by atoms with van der Waals surface area (Å²) >= 11 is 0. The number of carbonyl (C=O) groups excluding carboxylic acids is 2. The number of likely N-dealkylation sites (tertiary alicyclic amines) is 1. The fourth-order valence-corrected chi connectivity index (χ4v) is 4.62. The maximum Gasteiger partial charge on any atom is 0.356 e. The second kappa shape index (κ2) is 9.00. The molecule has 30 heavy (non-hydrogen) atoms. The number of ether oxygens (including phenoxy) is 2. The summed E-state index contributed by atoms with van der Waals surface area (Å²) in [7, 11) is 4.18. The third-order valence-corrected chi connectivity index (χ3v) is 6.09. The van der Waals surface area contributed by atoms with Crippen molar-refractivity contribution in [3.8, 4) is 0 Å². The predicted octanol–water partition coefficient (Wildman–Crippen LogP) is 2.65. The minimum Gasteiger partial charge on any atom is -0.478 e. The first-order chi connectivity index (χ1) is 14.2. The molecule has 0 bridgehead atoms. The van der Waals surface area contributed by atoms with Crippen LogP contribution in [0.25, 0.3) is 0 Å². The van der Waals surface area contributed by atoms with Crippen molar-refractivity contribution in [2.24, 2.45) is 5.92 Å². The van der Waals surface area contributed by atoms with Crippen LogP contribution in [0.1, 0.15) is 37.7 Å².